The van der Waals surface area contributed by atoms with Gasteiger partial charge in [0.05, 0.1) is 23.3 Å². The molecule has 0 aliphatic heterocycles. The summed E-state index contributed by atoms with van der Waals surface area (Å²) < 4.78 is 38.6. The first-order valence-electron chi connectivity index (χ1n) is 10.7. The molecule has 0 spiro atoms. The van der Waals surface area contributed by atoms with Crippen molar-refractivity contribution in [3.8, 4) is 0 Å². The molecular formula is C24H25F3N4O. The number of aromatic nitrogens is 2. The van der Waals surface area contributed by atoms with Crippen LogP contribution in [0, 0.1) is 12.8 Å². The Bertz CT molecular complexity index is 1120. The number of amides is 1. The van der Waals surface area contributed by atoms with Gasteiger partial charge in [-0.2, -0.15) is 13.2 Å². The van der Waals surface area contributed by atoms with Crippen LogP contribution in [0.25, 0.3) is 10.9 Å². The molecule has 0 bridgehead atoms. The SMILES string of the molecule is Cc1cc2cc(C(=O)N(CCC3CCC3)Cc3ccc(C(F)(F)F)cn3)ccc2nc1N. The predicted molar refractivity (Wildman–Crippen MR) is 117 cm³/mol. The van der Waals surface area contributed by atoms with Crippen LogP contribution in [0.2, 0.25) is 0 Å². The van der Waals surface area contributed by atoms with Gasteiger partial charge in [0.15, 0.2) is 0 Å². The maximum atomic E-state index is 13.4. The second-order valence-corrected chi connectivity index (χ2v) is 8.45. The second kappa shape index (κ2) is 8.76. The average Bonchev–Trinajstić information content (AvgIpc) is 2.71. The number of nitrogens with two attached hydrogens (primary N) is 1. The molecule has 0 saturated heterocycles. The number of pyridine rings is 2. The van der Waals surface area contributed by atoms with Gasteiger partial charge in [-0.1, -0.05) is 19.3 Å². The molecule has 1 aliphatic carbocycles. The maximum absolute atomic E-state index is 13.4. The van der Waals surface area contributed by atoms with Crippen molar-refractivity contribution in [2.24, 2.45) is 5.92 Å². The minimum absolute atomic E-state index is 0.154. The Balaban J connectivity index is 1.58. The number of aryl methyl sites for hydroxylation is 1. The smallest absolute Gasteiger partial charge is 0.383 e. The van der Waals surface area contributed by atoms with Gasteiger partial charge in [-0.25, -0.2) is 4.98 Å². The quantitative estimate of drug-likeness (QED) is 0.557. The van der Waals surface area contributed by atoms with E-state index in [0.29, 0.717) is 35.1 Å². The molecule has 2 aromatic heterocycles. The maximum Gasteiger partial charge on any atom is 0.417 e. The van der Waals surface area contributed by atoms with Crippen molar-refractivity contribution in [3.05, 3.63) is 65.0 Å². The van der Waals surface area contributed by atoms with Crippen LogP contribution in [-0.4, -0.2) is 27.3 Å². The summed E-state index contributed by atoms with van der Waals surface area (Å²) in [7, 11) is 0. The van der Waals surface area contributed by atoms with Crippen LogP contribution >= 0.6 is 0 Å². The molecule has 168 valence electrons. The molecule has 4 rings (SSSR count). The van der Waals surface area contributed by atoms with E-state index in [-0.39, 0.29) is 12.5 Å². The van der Waals surface area contributed by atoms with Gasteiger partial charge < -0.3 is 10.6 Å². The van der Waals surface area contributed by atoms with Crippen molar-refractivity contribution in [1.82, 2.24) is 14.9 Å². The van der Waals surface area contributed by atoms with E-state index in [4.69, 9.17) is 5.73 Å². The molecule has 3 aromatic rings. The molecular weight excluding hydrogens is 417 g/mol. The highest BCUT2D eigenvalue weighted by Crippen LogP contribution is 2.31. The lowest BCUT2D eigenvalue weighted by atomic mass is 9.83. The summed E-state index contributed by atoms with van der Waals surface area (Å²) in [5.74, 6) is 0.867. The van der Waals surface area contributed by atoms with Gasteiger partial charge in [0.2, 0.25) is 0 Å². The standard InChI is InChI=1S/C24H25F3N4O/c1-15-11-18-12-17(5-8-21(18)30-22(15)28)23(32)31(10-9-16-3-2-4-16)14-20-7-6-19(13-29-20)24(25,26)27/h5-8,11-13,16H,2-4,9-10,14H2,1H3,(H2,28,30). The normalized spacial score (nSPS) is 14.4. The van der Waals surface area contributed by atoms with Gasteiger partial charge in [0.25, 0.3) is 5.91 Å². The van der Waals surface area contributed by atoms with Crippen LogP contribution in [0.5, 0.6) is 0 Å². The van der Waals surface area contributed by atoms with Gasteiger partial charge in [-0.05, 0) is 61.2 Å². The van der Waals surface area contributed by atoms with E-state index in [9.17, 15) is 18.0 Å². The molecule has 2 N–H and O–H groups in total. The third-order valence-electron chi connectivity index (χ3n) is 6.12. The summed E-state index contributed by atoms with van der Waals surface area (Å²) >= 11 is 0. The number of anilines is 1. The first kappa shape index (κ1) is 22.0. The Morgan fingerprint density at radius 2 is 1.97 bits per heavy atom. The number of nitrogen functional groups attached to an aromatic ring is 1. The van der Waals surface area contributed by atoms with Crippen LogP contribution in [0.4, 0.5) is 19.0 Å². The number of rotatable bonds is 6. The summed E-state index contributed by atoms with van der Waals surface area (Å²) in [4.78, 5) is 23.3. The molecule has 32 heavy (non-hydrogen) atoms. The van der Waals surface area contributed by atoms with Gasteiger partial charge in [0, 0.05) is 23.7 Å². The number of nitrogens with zero attached hydrogens (tertiary/aromatic N) is 3. The Labute approximate surface area is 184 Å². The van der Waals surface area contributed by atoms with Gasteiger partial charge in [0.1, 0.15) is 5.82 Å². The molecule has 1 aliphatic rings. The molecule has 0 radical (unpaired) electrons. The van der Waals surface area contributed by atoms with Crippen molar-refractivity contribution in [1.29, 1.82) is 0 Å². The number of alkyl halides is 3. The summed E-state index contributed by atoms with van der Waals surface area (Å²) in [6.07, 6.45) is 0.771. The Morgan fingerprint density at radius 1 is 1.19 bits per heavy atom. The van der Waals surface area contributed by atoms with E-state index in [1.165, 1.54) is 12.5 Å². The molecule has 0 atom stereocenters. The molecule has 2 heterocycles. The topological polar surface area (TPSA) is 72.1 Å². The number of carbonyl (C=O) groups excluding carboxylic acids is 1. The summed E-state index contributed by atoms with van der Waals surface area (Å²) in [5, 5.41) is 0.814. The lowest BCUT2D eigenvalue weighted by Gasteiger charge is -2.29. The minimum Gasteiger partial charge on any atom is -0.383 e. The van der Waals surface area contributed by atoms with Crippen molar-refractivity contribution >= 4 is 22.6 Å². The van der Waals surface area contributed by atoms with Crippen LogP contribution < -0.4 is 5.73 Å². The first-order chi connectivity index (χ1) is 15.2. The first-order valence-corrected chi connectivity index (χ1v) is 10.7. The second-order valence-electron chi connectivity index (χ2n) is 8.45. The van der Waals surface area contributed by atoms with Crippen LogP contribution in [0.15, 0.2) is 42.6 Å². The zero-order chi connectivity index (χ0) is 22.9. The van der Waals surface area contributed by atoms with Gasteiger partial charge in [-0.15, -0.1) is 0 Å². The zero-order valence-electron chi connectivity index (χ0n) is 17.8. The summed E-state index contributed by atoms with van der Waals surface area (Å²) in [5.41, 5.74) is 7.54. The highest BCUT2D eigenvalue weighted by molar-refractivity contribution is 5.98. The van der Waals surface area contributed by atoms with E-state index in [1.807, 2.05) is 13.0 Å². The largest absolute Gasteiger partial charge is 0.417 e. The lowest BCUT2D eigenvalue weighted by Crippen LogP contribution is -2.33. The summed E-state index contributed by atoms with van der Waals surface area (Å²) in [6.45, 7) is 2.54. The molecule has 1 fully saturated rings. The van der Waals surface area contributed by atoms with Crippen molar-refractivity contribution in [3.63, 3.8) is 0 Å². The minimum atomic E-state index is -4.44. The predicted octanol–water partition coefficient (Wildman–Crippen LogP) is 5.37. The highest BCUT2D eigenvalue weighted by Gasteiger charge is 2.31. The lowest BCUT2D eigenvalue weighted by molar-refractivity contribution is -0.137. The Kier molecular flexibility index (Phi) is 6.04. The van der Waals surface area contributed by atoms with E-state index < -0.39 is 11.7 Å². The van der Waals surface area contributed by atoms with E-state index in [0.717, 1.165) is 42.5 Å². The fourth-order valence-corrected chi connectivity index (χ4v) is 3.87. The molecule has 1 aromatic carbocycles. The molecule has 5 nitrogen and oxygen atoms in total. The van der Waals surface area contributed by atoms with Gasteiger partial charge >= 0.3 is 6.18 Å². The number of fused-ring (bicyclic) bond motifs is 1. The van der Waals surface area contributed by atoms with Crippen LogP contribution in [0.1, 0.15) is 52.9 Å². The number of carbonyl (C=O) groups is 1. The van der Waals surface area contributed by atoms with E-state index in [2.05, 4.69) is 9.97 Å². The molecule has 8 heteroatoms. The van der Waals surface area contributed by atoms with Crippen LogP contribution in [-0.2, 0) is 12.7 Å². The number of hydrogen-bond acceptors (Lipinski definition) is 4. The van der Waals surface area contributed by atoms with E-state index in [1.54, 1.807) is 23.1 Å². The molecule has 1 amide bonds. The Morgan fingerprint density at radius 3 is 2.59 bits per heavy atom. The third kappa shape index (κ3) is 4.84. The average molecular weight is 442 g/mol. The molecule has 1 saturated carbocycles. The zero-order valence-corrected chi connectivity index (χ0v) is 17.8. The summed E-state index contributed by atoms with van der Waals surface area (Å²) in [6, 6.07) is 9.49. The van der Waals surface area contributed by atoms with Crippen molar-refractivity contribution in [2.45, 2.75) is 45.3 Å². The Hall–Kier alpha value is -3.16. The fourth-order valence-electron chi connectivity index (χ4n) is 3.87. The highest BCUT2D eigenvalue weighted by atomic mass is 19.4. The molecule has 0 unspecified atom stereocenters. The number of halogens is 3. The van der Waals surface area contributed by atoms with Gasteiger partial charge in [-0.3, -0.25) is 9.78 Å². The van der Waals surface area contributed by atoms with Crippen molar-refractivity contribution in [2.75, 3.05) is 12.3 Å². The third-order valence-corrected chi connectivity index (χ3v) is 6.12. The number of hydrogen-bond donors (Lipinski definition) is 1. The van der Waals surface area contributed by atoms with Crippen molar-refractivity contribution < 1.29 is 18.0 Å². The van der Waals surface area contributed by atoms with E-state index >= 15 is 0 Å². The number of benzene rings is 1. The van der Waals surface area contributed by atoms with Crippen LogP contribution in [0.3, 0.4) is 0 Å². The fraction of sp³-hybridized carbons (Fsp3) is 0.375. The monoisotopic (exact) mass is 442 g/mol.